The van der Waals surface area contributed by atoms with Crippen molar-refractivity contribution >= 4 is 26.7 Å². The first kappa shape index (κ1) is 18.8. The standard InChI is InChI=1S/C20H23N5O2S/c1-16-8-10-17(11-9-16)28(26,27)15-21-20(14-24-12-4-5-13-24)25-19-7-3-2-6-18(19)22-23-25/h2-3,6-11H,4-5,12-15H2,1H3/b21-20+. The summed E-state index contributed by atoms with van der Waals surface area (Å²) in [5, 5.41) is 8.43. The third-order valence-corrected chi connectivity index (χ3v) is 6.42. The number of hydrogen-bond acceptors (Lipinski definition) is 6. The van der Waals surface area contributed by atoms with Gasteiger partial charge in [-0.1, -0.05) is 35.0 Å². The van der Waals surface area contributed by atoms with Crippen LogP contribution in [0.25, 0.3) is 11.0 Å². The minimum absolute atomic E-state index is 0.283. The molecule has 1 saturated heterocycles. The number of sulfone groups is 1. The Balaban J connectivity index is 1.67. The summed E-state index contributed by atoms with van der Waals surface area (Å²) >= 11 is 0. The van der Waals surface area contributed by atoms with Gasteiger partial charge in [0.05, 0.1) is 17.0 Å². The lowest BCUT2D eigenvalue weighted by atomic mass is 10.2. The summed E-state index contributed by atoms with van der Waals surface area (Å²) < 4.78 is 27.2. The van der Waals surface area contributed by atoms with E-state index in [0.29, 0.717) is 12.4 Å². The lowest BCUT2D eigenvalue weighted by Gasteiger charge is -2.16. The first-order valence-electron chi connectivity index (χ1n) is 9.39. The van der Waals surface area contributed by atoms with Crippen LogP contribution in [0, 0.1) is 6.92 Å². The molecule has 0 saturated carbocycles. The Labute approximate surface area is 164 Å². The van der Waals surface area contributed by atoms with Gasteiger partial charge in [0.25, 0.3) is 0 Å². The van der Waals surface area contributed by atoms with Gasteiger partial charge in [-0.05, 0) is 57.1 Å². The molecule has 3 aromatic rings. The first-order chi connectivity index (χ1) is 13.5. The fraction of sp³-hybridized carbons (Fsp3) is 0.350. The molecule has 28 heavy (non-hydrogen) atoms. The first-order valence-corrected chi connectivity index (χ1v) is 11.0. The van der Waals surface area contributed by atoms with E-state index in [1.165, 1.54) is 0 Å². The summed E-state index contributed by atoms with van der Waals surface area (Å²) in [5.74, 6) is 0.291. The summed E-state index contributed by atoms with van der Waals surface area (Å²) in [6, 6.07) is 14.5. The van der Waals surface area contributed by atoms with Gasteiger partial charge in [-0.3, -0.25) is 9.89 Å². The molecule has 4 rings (SSSR count). The number of likely N-dealkylation sites (tertiary alicyclic amines) is 1. The van der Waals surface area contributed by atoms with Gasteiger partial charge in [0.15, 0.2) is 9.84 Å². The quantitative estimate of drug-likeness (QED) is 0.488. The number of aryl methyl sites for hydroxylation is 1. The van der Waals surface area contributed by atoms with Gasteiger partial charge in [-0.15, -0.1) is 5.10 Å². The third kappa shape index (κ3) is 3.98. The van der Waals surface area contributed by atoms with E-state index in [2.05, 4.69) is 20.2 Å². The average Bonchev–Trinajstić information content (AvgIpc) is 3.35. The molecule has 1 aliphatic rings. The van der Waals surface area contributed by atoms with Crippen LogP contribution in [0.4, 0.5) is 0 Å². The van der Waals surface area contributed by atoms with Crippen LogP contribution in [-0.2, 0) is 9.84 Å². The molecule has 0 aliphatic carbocycles. The molecular weight excluding hydrogens is 374 g/mol. The Morgan fingerprint density at radius 1 is 1.07 bits per heavy atom. The molecule has 7 nitrogen and oxygen atoms in total. The van der Waals surface area contributed by atoms with Crippen molar-refractivity contribution in [3.8, 4) is 0 Å². The Bertz CT molecular complexity index is 1100. The zero-order valence-electron chi connectivity index (χ0n) is 15.8. The second-order valence-corrected chi connectivity index (χ2v) is 9.06. The van der Waals surface area contributed by atoms with E-state index in [4.69, 9.17) is 0 Å². The molecule has 0 radical (unpaired) electrons. The van der Waals surface area contributed by atoms with E-state index in [-0.39, 0.29) is 10.8 Å². The molecule has 2 aromatic carbocycles. The fourth-order valence-corrected chi connectivity index (χ4v) is 4.38. The topological polar surface area (TPSA) is 80.5 Å². The number of benzene rings is 2. The largest absolute Gasteiger partial charge is 0.296 e. The molecule has 0 unspecified atom stereocenters. The minimum Gasteiger partial charge on any atom is -0.296 e. The molecule has 0 spiro atoms. The highest BCUT2D eigenvalue weighted by molar-refractivity contribution is 7.91. The van der Waals surface area contributed by atoms with Crippen molar-refractivity contribution in [3.63, 3.8) is 0 Å². The van der Waals surface area contributed by atoms with Crippen LogP contribution in [0.15, 0.2) is 58.4 Å². The van der Waals surface area contributed by atoms with Gasteiger partial charge in [-0.2, -0.15) is 4.68 Å². The van der Waals surface area contributed by atoms with E-state index < -0.39 is 9.84 Å². The maximum absolute atomic E-state index is 12.8. The van der Waals surface area contributed by atoms with Crippen LogP contribution in [-0.4, -0.2) is 59.7 Å². The molecule has 0 N–H and O–H groups in total. The highest BCUT2D eigenvalue weighted by Gasteiger charge is 2.20. The van der Waals surface area contributed by atoms with Gasteiger partial charge < -0.3 is 0 Å². The molecule has 146 valence electrons. The van der Waals surface area contributed by atoms with E-state index >= 15 is 0 Å². The van der Waals surface area contributed by atoms with E-state index in [1.807, 2.05) is 31.2 Å². The van der Waals surface area contributed by atoms with Crippen LogP contribution in [0.5, 0.6) is 0 Å². The Morgan fingerprint density at radius 2 is 1.79 bits per heavy atom. The number of para-hydroxylation sites is 1. The maximum Gasteiger partial charge on any atom is 0.198 e. The van der Waals surface area contributed by atoms with Gasteiger partial charge in [0.2, 0.25) is 0 Å². The predicted molar refractivity (Wildman–Crippen MR) is 109 cm³/mol. The molecule has 2 heterocycles. The zero-order valence-corrected chi connectivity index (χ0v) is 16.6. The molecule has 1 aliphatic heterocycles. The lowest BCUT2D eigenvalue weighted by Crippen LogP contribution is -2.32. The SMILES string of the molecule is Cc1ccc(S(=O)(=O)C/N=C(\CN2CCCC2)n2nnc3ccccc32)cc1. The Hall–Kier alpha value is -2.58. The number of aliphatic imine (C=N–C) groups is 1. The summed E-state index contributed by atoms with van der Waals surface area (Å²) in [6.45, 7) is 4.45. The van der Waals surface area contributed by atoms with E-state index in [1.54, 1.807) is 28.9 Å². The van der Waals surface area contributed by atoms with Crippen molar-refractivity contribution in [1.29, 1.82) is 0 Å². The second-order valence-electron chi connectivity index (χ2n) is 7.10. The summed E-state index contributed by atoms with van der Waals surface area (Å²) in [4.78, 5) is 7.05. The molecule has 0 atom stereocenters. The van der Waals surface area contributed by atoms with Crippen LogP contribution in [0.1, 0.15) is 18.4 Å². The van der Waals surface area contributed by atoms with E-state index in [0.717, 1.165) is 42.5 Å². The van der Waals surface area contributed by atoms with Gasteiger partial charge in [-0.25, -0.2) is 8.42 Å². The second kappa shape index (κ2) is 7.81. The molecular formula is C20H23N5O2S. The van der Waals surface area contributed by atoms with Gasteiger partial charge in [0, 0.05) is 0 Å². The van der Waals surface area contributed by atoms with E-state index in [9.17, 15) is 8.42 Å². The van der Waals surface area contributed by atoms with Crippen molar-refractivity contribution in [2.75, 3.05) is 25.5 Å². The monoisotopic (exact) mass is 397 g/mol. The lowest BCUT2D eigenvalue weighted by molar-refractivity contribution is 0.384. The number of aromatic nitrogens is 3. The van der Waals surface area contributed by atoms with Crippen molar-refractivity contribution < 1.29 is 8.42 Å². The molecule has 1 fully saturated rings. The molecule has 0 bridgehead atoms. The smallest absolute Gasteiger partial charge is 0.198 e. The van der Waals surface area contributed by atoms with Crippen molar-refractivity contribution in [1.82, 2.24) is 19.9 Å². The Kier molecular flexibility index (Phi) is 5.23. The maximum atomic E-state index is 12.8. The average molecular weight is 398 g/mol. The number of fused-ring (bicyclic) bond motifs is 1. The summed E-state index contributed by atoms with van der Waals surface area (Å²) in [5.41, 5.74) is 2.61. The number of hydrogen-bond donors (Lipinski definition) is 0. The van der Waals surface area contributed by atoms with Crippen LogP contribution in [0.3, 0.4) is 0 Å². The number of nitrogens with zero attached hydrogens (tertiary/aromatic N) is 5. The van der Waals surface area contributed by atoms with Crippen LogP contribution >= 0.6 is 0 Å². The Morgan fingerprint density at radius 3 is 2.54 bits per heavy atom. The van der Waals surface area contributed by atoms with Crippen molar-refractivity contribution in [3.05, 3.63) is 54.1 Å². The zero-order chi connectivity index (χ0) is 19.6. The predicted octanol–water partition coefficient (Wildman–Crippen LogP) is 2.51. The third-order valence-electron chi connectivity index (χ3n) is 4.96. The van der Waals surface area contributed by atoms with Crippen molar-refractivity contribution in [2.24, 2.45) is 4.99 Å². The minimum atomic E-state index is -3.52. The van der Waals surface area contributed by atoms with Gasteiger partial charge >= 0.3 is 0 Å². The highest BCUT2D eigenvalue weighted by atomic mass is 32.2. The molecule has 8 heteroatoms. The van der Waals surface area contributed by atoms with Crippen LogP contribution in [0.2, 0.25) is 0 Å². The summed E-state index contributed by atoms with van der Waals surface area (Å²) in [6.07, 6.45) is 2.29. The molecule has 1 aromatic heterocycles. The van der Waals surface area contributed by atoms with Crippen LogP contribution < -0.4 is 0 Å². The fourth-order valence-electron chi connectivity index (χ4n) is 3.36. The van der Waals surface area contributed by atoms with Gasteiger partial charge in [0.1, 0.15) is 17.2 Å². The highest BCUT2D eigenvalue weighted by Crippen LogP contribution is 2.15. The van der Waals surface area contributed by atoms with Crippen molar-refractivity contribution in [2.45, 2.75) is 24.7 Å². The normalized spacial score (nSPS) is 16.1. The summed E-state index contributed by atoms with van der Waals surface area (Å²) in [7, 11) is -3.52. The number of rotatable bonds is 5. The molecule has 0 amide bonds.